The van der Waals surface area contributed by atoms with Crippen LogP contribution in [-0.4, -0.2) is 43.7 Å². The smallest absolute Gasteiger partial charge is 0.343 e. The molecule has 0 atom stereocenters. The number of esters is 4. The molecule has 0 amide bonds. The summed E-state index contributed by atoms with van der Waals surface area (Å²) in [4.78, 5) is 47.5. The number of benzene rings is 3. The van der Waals surface area contributed by atoms with E-state index >= 15 is 0 Å². The first-order chi connectivity index (χ1) is 23.3. The van der Waals surface area contributed by atoms with Crippen LogP contribution >= 0.6 is 0 Å². The molecule has 0 heterocycles. The number of carbonyl (C=O) groups is 4. The fourth-order valence-electron chi connectivity index (χ4n) is 4.62. The second-order valence-corrected chi connectivity index (χ2v) is 11.1. The lowest BCUT2D eigenvalue weighted by molar-refractivity contribution is -0.138. The van der Waals surface area contributed by atoms with E-state index in [1.54, 1.807) is 61.5 Å². The molecule has 0 radical (unpaired) electrons. The number of rotatable bonds is 21. The van der Waals surface area contributed by atoms with E-state index in [0.29, 0.717) is 53.8 Å². The summed E-state index contributed by atoms with van der Waals surface area (Å²) in [6.45, 7) is 9.84. The second kappa shape index (κ2) is 20.8. The first kappa shape index (κ1) is 37.3. The molecule has 3 rings (SSSR count). The maximum atomic E-state index is 12.8. The molecule has 0 aliphatic heterocycles. The summed E-state index contributed by atoms with van der Waals surface area (Å²) in [6, 6.07) is 18.9. The van der Waals surface area contributed by atoms with E-state index in [1.807, 2.05) is 12.1 Å². The van der Waals surface area contributed by atoms with E-state index in [0.717, 1.165) is 69.4 Å². The van der Waals surface area contributed by atoms with Crippen LogP contribution in [0.25, 0.3) is 0 Å². The maximum absolute atomic E-state index is 12.8. The Morgan fingerprint density at radius 1 is 0.583 bits per heavy atom. The first-order valence-corrected chi connectivity index (χ1v) is 16.2. The highest BCUT2D eigenvalue weighted by atomic mass is 16.5. The molecule has 3 aromatic carbocycles. The normalized spacial score (nSPS) is 10.4. The Labute approximate surface area is 282 Å². The van der Waals surface area contributed by atoms with Crippen molar-refractivity contribution in [2.24, 2.45) is 0 Å². The number of carbonyl (C=O) groups excluding carboxylic acids is 4. The van der Waals surface area contributed by atoms with Crippen molar-refractivity contribution in [2.75, 3.05) is 19.8 Å². The van der Waals surface area contributed by atoms with Crippen molar-refractivity contribution in [3.05, 3.63) is 114 Å². The summed E-state index contributed by atoms with van der Waals surface area (Å²) in [5, 5.41) is 0. The van der Waals surface area contributed by atoms with Gasteiger partial charge >= 0.3 is 23.9 Å². The number of hydrogen-bond acceptors (Lipinski definition) is 9. The fourth-order valence-corrected chi connectivity index (χ4v) is 4.62. The Hall–Kier alpha value is -5.18. The van der Waals surface area contributed by atoms with Gasteiger partial charge in [-0.2, -0.15) is 0 Å². The highest BCUT2D eigenvalue weighted by molar-refractivity contribution is 5.92. The van der Waals surface area contributed by atoms with Crippen molar-refractivity contribution in [3.63, 3.8) is 0 Å². The van der Waals surface area contributed by atoms with Gasteiger partial charge in [0.05, 0.1) is 30.9 Å². The lowest BCUT2D eigenvalue weighted by Crippen LogP contribution is -2.10. The Kier molecular flexibility index (Phi) is 16.2. The van der Waals surface area contributed by atoms with E-state index in [2.05, 4.69) is 13.2 Å². The molecule has 254 valence electrons. The van der Waals surface area contributed by atoms with E-state index in [4.69, 9.17) is 23.7 Å². The summed E-state index contributed by atoms with van der Waals surface area (Å²) in [5.41, 5.74) is 2.58. The van der Waals surface area contributed by atoms with E-state index < -0.39 is 23.9 Å². The minimum atomic E-state index is -0.513. The Morgan fingerprint density at radius 3 is 1.65 bits per heavy atom. The molecule has 0 bridgehead atoms. The van der Waals surface area contributed by atoms with Crippen LogP contribution in [0.3, 0.4) is 0 Å². The molecule has 9 heteroatoms. The summed E-state index contributed by atoms with van der Waals surface area (Å²) in [7, 11) is 0. The molecular weight excluding hydrogens is 612 g/mol. The Bertz CT molecular complexity index is 1510. The van der Waals surface area contributed by atoms with Crippen LogP contribution in [0, 0.1) is 6.92 Å². The third kappa shape index (κ3) is 13.7. The predicted molar refractivity (Wildman–Crippen MR) is 182 cm³/mol. The molecule has 3 aromatic rings. The number of ether oxygens (including phenoxy) is 5. The number of hydrogen-bond donors (Lipinski definition) is 0. The van der Waals surface area contributed by atoms with Crippen LogP contribution in [0.2, 0.25) is 0 Å². The van der Waals surface area contributed by atoms with Crippen molar-refractivity contribution < 1.29 is 42.9 Å². The van der Waals surface area contributed by atoms with Gasteiger partial charge in [-0.25, -0.2) is 19.2 Å². The standard InChI is InChI=1S/C39H44O9/c1-4-36(40)45-26-12-7-6-10-14-30-15-17-31(18-16-30)38(42)47-34-23-24-35(29(3)28-34)48-39(43)32-19-21-33(22-20-32)44-25-11-8-9-13-27-46-37(41)5-2/h4-5,15-24,28H,1-2,6-14,25-27H2,3H3. The monoisotopic (exact) mass is 656 g/mol. The zero-order valence-corrected chi connectivity index (χ0v) is 27.6. The van der Waals surface area contributed by atoms with Crippen LogP contribution in [0.4, 0.5) is 0 Å². The predicted octanol–water partition coefficient (Wildman–Crippen LogP) is 7.93. The van der Waals surface area contributed by atoms with Gasteiger partial charge < -0.3 is 23.7 Å². The zero-order valence-electron chi connectivity index (χ0n) is 27.6. The van der Waals surface area contributed by atoms with Crippen molar-refractivity contribution >= 4 is 23.9 Å². The maximum Gasteiger partial charge on any atom is 0.343 e. The Balaban J connectivity index is 1.37. The molecule has 0 fully saturated rings. The SMILES string of the molecule is C=CC(=O)OCCCCCCOc1ccc(C(=O)Oc2ccc(OC(=O)c3ccc(CCCCCCOC(=O)C=C)cc3)cc2C)cc1. The van der Waals surface area contributed by atoms with Crippen LogP contribution in [-0.2, 0) is 25.5 Å². The summed E-state index contributed by atoms with van der Waals surface area (Å²) in [5.74, 6) is -0.427. The third-order valence-corrected chi connectivity index (χ3v) is 7.33. The molecule has 0 saturated carbocycles. The van der Waals surface area contributed by atoms with Gasteiger partial charge in [0.2, 0.25) is 0 Å². The molecule has 0 aliphatic carbocycles. The first-order valence-electron chi connectivity index (χ1n) is 16.2. The average Bonchev–Trinajstić information content (AvgIpc) is 3.10. The zero-order chi connectivity index (χ0) is 34.6. The molecular formula is C39H44O9. The van der Waals surface area contributed by atoms with Crippen LogP contribution in [0.5, 0.6) is 17.2 Å². The molecule has 48 heavy (non-hydrogen) atoms. The van der Waals surface area contributed by atoms with E-state index in [-0.39, 0.29) is 0 Å². The number of unbranched alkanes of at least 4 members (excludes halogenated alkanes) is 6. The van der Waals surface area contributed by atoms with Crippen molar-refractivity contribution in [2.45, 2.75) is 64.7 Å². The third-order valence-electron chi connectivity index (χ3n) is 7.33. The molecule has 0 unspecified atom stereocenters. The minimum Gasteiger partial charge on any atom is -0.494 e. The highest BCUT2D eigenvalue weighted by Gasteiger charge is 2.14. The van der Waals surface area contributed by atoms with Crippen molar-refractivity contribution in [3.8, 4) is 17.2 Å². The largest absolute Gasteiger partial charge is 0.494 e. The lowest BCUT2D eigenvalue weighted by atomic mass is 10.0. The molecule has 0 N–H and O–H groups in total. The molecule has 0 aliphatic rings. The highest BCUT2D eigenvalue weighted by Crippen LogP contribution is 2.25. The molecule has 0 aromatic heterocycles. The summed E-state index contributed by atoms with van der Waals surface area (Å²) in [6.07, 6.45) is 10.5. The van der Waals surface area contributed by atoms with Gasteiger partial charge in [-0.1, -0.05) is 38.1 Å². The average molecular weight is 657 g/mol. The van der Waals surface area contributed by atoms with Crippen LogP contribution in [0.15, 0.2) is 92.0 Å². The van der Waals surface area contributed by atoms with Gasteiger partial charge in [0.1, 0.15) is 17.2 Å². The quantitative estimate of drug-likeness (QED) is 0.0488. The van der Waals surface area contributed by atoms with Gasteiger partial charge in [-0.3, -0.25) is 0 Å². The minimum absolute atomic E-state index is 0.345. The lowest BCUT2D eigenvalue weighted by Gasteiger charge is -2.11. The van der Waals surface area contributed by atoms with Gasteiger partial charge in [-0.15, -0.1) is 0 Å². The van der Waals surface area contributed by atoms with Crippen LogP contribution in [0.1, 0.15) is 83.2 Å². The van der Waals surface area contributed by atoms with Crippen molar-refractivity contribution in [1.29, 1.82) is 0 Å². The molecule has 9 nitrogen and oxygen atoms in total. The topological polar surface area (TPSA) is 114 Å². The summed E-state index contributed by atoms with van der Waals surface area (Å²) < 4.78 is 26.8. The second-order valence-electron chi connectivity index (χ2n) is 11.1. The molecule has 0 saturated heterocycles. The van der Waals surface area contributed by atoms with Gasteiger partial charge in [0.15, 0.2) is 0 Å². The number of aryl methyl sites for hydroxylation is 2. The van der Waals surface area contributed by atoms with E-state index in [1.165, 1.54) is 6.08 Å². The Morgan fingerprint density at radius 2 is 1.08 bits per heavy atom. The summed E-state index contributed by atoms with van der Waals surface area (Å²) >= 11 is 0. The van der Waals surface area contributed by atoms with Crippen molar-refractivity contribution in [1.82, 2.24) is 0 Å². The van der Waals surface area contributed by atoms with E-state index in [9.17, 15) is 19.2 Å². The van der Waals surface area contributed by atoms with Crippen LogP contribution < -0.4 is 14.2 Å². The molecule has 0 spiro atoms. The van der Waals surface area contributed by atoms with Gasteiger partial charge in [-0.05, 0) is 118 Å². The fraction of sp³-hybridized carbons (Fsp3) is 0.333. The van der Waals surface area contributed by atoms with Gasteiger partial charge in [0.25, 0.3) is 0 Å². The van der Waals surface area contributed by atoms with Gasteiger partial charge in [0, 0.05) is 12.2 Å².